The SMILES string of the molecule is Cc1cccc(C(C)C)c1NC(=O)Cn1cnc2ccc(Br)cc2c1=O. The lowest BCUT2D eigenvalue weighted by molar-refractivity contribution is -0.116. The van der Waals surface area contributed by atoms with E-state index in [1.54, 1.807) is 12.1 Å². The highest BCUT2D eigenvalue weighted by Gasteiger charge is 2.13. The number of para-hydroxylation sites is 1. The van der Waals surface area contributed by atoms with Crippen molar-refractivity contribution in [2.45, 2.75) is 33.2 Å². The number of nitrogens with one attached hydrogen (secondary N) is 1. The van der Waals surface area contributed by atoms with Crippen LogP contribution in [0.2, 0.25) is 0 Å². The summed E-state index contributed by atoms with van der Waals surface area (Å²) in [7, 11) is 0. The van der Waals surface area contributed by atoms with Crippen molar-refractivity contribution >= 4 is 38.4 Å². The molecule has 0 aliphatic carbocycles. The summed E-state index contributed by atoms with van der Waals surface area (Å²) in [6, 6.07) is 11.3. The summed E-state index contributed by atoms with van der Waals surface area (Å²) in [6.45, 7) is 6.04. The van der Waals surface area contributed by atoms with E-state index >= 15 is 0 Å². The van der Waals surface area contributed by atoms with Gasteiger partial charge in [0.2, 0.25) is 5.91 Å². The molecule has 0 saturated heterocycles. The largest absolute Gasteiger partial charge is 0.324 e. The Kier molecular flexibility index (Phi) is 5.23. The highest BCUT2D eigenvalue weighted by Crippen LogP contribution is 2.27. The van der Waals surface area contributed by atoms with Crippen LogP contribution < -0.4 is 10.9 Å². The molecule has 1 aromatic heterocycles. The molecule has 0 saturated carbocycles. The van der Waals surface area contributed by atoms with Crippen LogP contribution in [0.25, 0.3) is 10.9 Å². The van der Waals surface area contributed by atoms with Crippen molar-refractivity contribution in [3.05, 3.63) is 68.7 Å². The number of hydrogen-bond donors (Lipinski definition) is 1. The lowest BCUT2D eigenvalue weighted by Gasteiger charge is -2.16. The van der Waals surface area contributed by atoms with Crippen molar-refractivity contribution in [3.8, 4) is 0 Å². The number of carbonyl (C=O) groups is 1. The Morgan fingerprint density at radius 1 is 1.27 bits per heavy atom. The molecule has 2 aromatic carbocycles. The molecule has 1 heterocycles. The lowest BCUT2D eigenvalue weighted by atomic mass is 9.98. The van der Waals surface area contributed by atoms with E-state index in [0.29, 0.717) is 10.9 Å². The topological polar surface area (TPSA) is 64.0 Å². The number of halogens is 1. The molecule has 0 radical (unpaired) electrons. The van der Waals surface area contributed by atoms with E-state index < -0.39 is 0 Å². The number of rotatable bonds is 4. The third kappa shape index (κ3) is 3.70. The molecule has 0 aliphatic rings. The van der Waals surface area contributed by atoms with Gasteiger partial charge in [0.15, 0.2) is 0 Å². The minimum absolute atomic E-state index is 0.0832. The fourth-order valence-corrected chi connectivity index (χ4v) is 3.28. The Morgan fingerprint density at radius 2 is 2.04 bits per heavy atom. The molecule has 3 rings (SSSR count). The molecule has 0 fully saturated rings. The van der Waals surface area contributed by atoms with Crippen molar-refractivity contribution in [1.29, 1.82) is 0 Å². The minimum atomic E-state index is -0.251. The molecular weight excluding hydrogens is 394 g/mol. The third-order valence-electron chi connectivity index (χ3n) is 4.29. The van der Waals surface area contributed by atoms with Gasteiger partial charge in [-0.1, -0.05) is 48.0 Å². The average molecular weight is 414 g/mol. The molecule has 5 nitrogen and oxygen atoms in total. The van der Waals surface area contributed by atoms with Crippen LogP contribution in [0, 0.1) is 6.92 Å². The van der Waals surface area contributed by atoms with Crippen molar-refractivity contribution in [1.82, 2.24) is 9.55 Å². The first-order chi connectivity index (χ1) is 12.4. The number of aryl methyl sites for hydroxylation is 1. The second-order valence-corrected chi connectivity index (χ2v) is 7.50. The molecule has 0 bridgehead atoms. The number of amides is 1. The maximum absolute atomic E-state index is 12.6. The predicted octanol–water partition coefficient (Wildman–Crippen LogP) is 4.23. The van der Waals surface area contributed by atoms with E-state index in [1.165, 1.54) is 10.9 Å². The summed E-state index contributed by atoms with van der Waals surface area (Å²) in [4.78, 5) is 29.5. The maximum Gasteiger partial charge on any atom is 0.261 e. The summed E-state index contributed by atoms with van der Waals surface area (Å²) >= 11 is 3.36. The zero-order chi connectivity index (χ0) is 18.8. The van der Waals surface area contributed by atoms with E-state index in [1.807, 2.05) is 31.2 Å². The summed E-state index contributed by atoms with van der Waals surface area (Å²) in [5.41, 5.74) is 3.26. The highest BCUT2D eigenvalue weighted by atomic mass is 79.9. The van der Waals surface area contributed by atoms with E-state index in [9.17, 15) is 9.59 Å². The number of anilines is 1. The van der Waals surface area contributed by atoms with Gasteiger partial charge in [-0.15, -0.1) is 0 Å². The van der Waals surface area contributed by atoms with Gasteiger partial charge >= 0.3 is 0 Å². The second-order valence-electron chi connectivity index (χ2n) is 6.58. The van der Waals surface area contributed by atoms with Crippen molar-refractivity contribution in [2.75, 3.05) is 5.32 Å². The van der Waals surface area contributed by atoms with E-state index in [4.69, 9.17) is 0 Å². The maximum atomic E-state index is 12.6. The fourth-order valence-electron chi connectivity index (χ4n) is 2.92. The van der Waals surface area contributed by atoms with Gasteiger partial charge in [-0.05, 0) is 42.2 Å². The normalized spacial score (nSPS) is 11.1. The Morgan fingerprint density at radius 3 is 2.77 bits per heavy atom. The first-order valence-electron chi connectivity index (χ1n) is 8.41. The molecule has 0 unspecified atom stereocenters. The van der Waals surface area contributed by atoms with Gasteiger partial charge in [-0.3, -0.25) is 14.2 Å². The molecule has 26 heavy (non-hydrogen) atoms. The van der Waals surface area contributed by atoms with Crippen LogP contribution in [0.5, 0.6) is 0 Å². The van der Waals surface area contributed by atoms with Gasteiger partial charge in [-0.25, -0.2) is 4.98 Å². The molecule has 0 atom stereocenters. The standard InChI is InChI=1S/C20H20BrN3O2/c1-12(2)15-6-4-5-13(3)19(15)23-18(25)10-24-11-22-17-8-7-14(21)9-16(17)20(24)26/h4-9,11-12H,10H2,1-3H3,(H,23,25). The van der Waals surface area contributed by atoms with Crippen LogP contribution in [0.4, 0.5) is 5.69 Å². The van der Waals surface area contributed by atoms with Gasteiger partial charge in [0.1, 0.15) is 6.54 Å². The zero-order valence-corrected chi connectivity index (χ0v) is 16.5. The minimum Gasteiger partial charge on any atom is -0.324 e. The monoisotopic (exact) mass is 413 g/mol. The summed E-state index contributed by atoms with van der Waals surface area (Å²) in [5.74, 6) is 0.0343. The third-order valence-corrected chi connectivity index (χ3v) is 4.78. The van der Waals surface area contributed by atoms with Crippen LogP contribution >= 0.6 is 15.9 Å². The molecule has 3 aromatic rings. The Balaban J connectivity index is 1.89. The molecule has 1 amide bonds. The van der Waals surface area contributed by atoms with E-state index in [2.05, 4.69) is 40.1 Å². The predicted molar refractivity (Wildman–Crippen MR) is 108 cm³/mol. The summed E-state index contributed by atoms with van der Waals surface area (Å²) in [6.07, 6.45) is 1.42. The quantitative estimate of drug-likeness (QED) is 0.695. The van der Waals surface area contributed by atoms with Crippen LogP contribution in [0.3, 0.4) is 0 Å². The van der Waals surface area contributed by atoms with Gasteiger partial charge in [0.25, 0.3) is 5.56 Å². The van der Waals surface area contributed by atoms with Gasteiger partial charge in [-0.2, -0.15) is 0 Å². The molecular formula is C20H20BrN3O2. The number of hydrogen-bond acceptors (Lipinski definition) is 3. The first kappa shape index (κ1) is 18.3. The number of fused-ring (bicyclic) bond motifs is 1. The molecule has 0 spiro atoms. The smallest absolute Gasteiger partial charge is 0.261 e. The van der Waals surface area contributed by atoms with Crippen LogP contribution in [-0.2, 0) is 11.3 Å². The van der Waals surface area contributed by atoms with Gasteiger partial charge in [0.05, 0.1) is 17.2 Å². The summed E-state index contributed by atoms with van der Waals surface area (Å²) < 4.78 is 2.13. The van der Waals surface area contributed by atoms with Gasteiger partial charge in [0, 0.05) is 10.2 Å². The molecule has 134 valence electrons. The van der Waals surface area contributed by atoms with Crippen LogP contribution in [0.1, 0.15) is 30.9 Å². The summed E-state index contributed by atoms with van der Waals surface area (Å²) in [5, 5.41) is 3.44. The number of carbonyl (C=O) groups excluding carboxylic acids is 1. The highest BCUT2D eigenvalue weighted by molar-refractivity contribution is 9.10. The van der Waals surface area contributed by atoms with E-state index in [0.717, 1.165) is 21.3 Å². The Hall–Kier alpha value is -2.47. The number of benzene rings is 2. The van der Waals surface area contributed by atoms with Crippen LogP contribution in [-0.4, -0.2) is 15.5 Å². The lowest BCUT2D eigenvalue weighted by Crippen LogP contribution is -2.28. The number of aromatic nitrogens is 2. The first-order valence-corrected chi connectivity index (χ1v) is 9.20. The van der Waals surface area contributed by atoms with Gasteiger partial charge < -0.3 is 5.32 Å². The molecule has 6 heteroatoms. The molecule has 1 N–H and O–H groups in total. The zero-order valence-electron chi connectivity index (χ0n) is 14.9. The molecule has 0 aliphatic heterocycles. The second kappa shape index (κ2) is 7.41. The van der Waals surface area contributed by atoms with Crippen molar-refractivity contribution in [3.63, 3.8) is 0 Å². The van der Waals surface area contributed by atoms with Crippen molar-refractivity contribution < 1.29 is 4.79 Å². The fraction of sp³-hybridized carbons (Fsp3) is 0.250. The average Bonchev–Trinajstić information content (AvgIpc) is 2.59. The Bertz CT molecular complexity index is 1040. The van der Waals surface area contributed by atoms with Crippen LogP contribution in [0.15, 0.2) is 52.0 Å². The van der Waals surface area contributed by atoms with Crippen molar-refractivity contribution in [2.24, 2.45) is 0 Å². The van der Waals surface area contributed by atoms with E-state index in [-0.39, 0.29) is 23.9 Å². The Labute approximate surface area is 160 Å². The number of nitrogens with zero attached hydrogens (tertiary/aromatic N) is 2.